The third-order valence-corrected chi connectivity index (χ3v) is 3.63. The Hall–Kier alpha value is -0.570. The minimum Gasteiger partial charge on any atom is -0.338 e. The van der Waals surface area contributed by atoms with Gasteiger partial charge in [0.1, 0.15) is 0 Å². The Labute approximate surface area is 98.6 Å². The second-order valence-electron chi connectivity index (χ2n) is 5.17. The molecule has 1 heterocycles. The van der Waals surface area contributed by atoms with Gasteiger partial charge in [0.2, 0.25) is 5.91 Å². The molecule has 3 nitrogen and oxygen atoms in total. The largest absolute Gasteiger partial charge is 0.338 e. The fourth-order valence-electron chi connectivity index (χ4n) is 2.46. The Morgan fingerprint density at radius 3 is 2.75 bits per heavy atom. The highest BCUT2D eigenvalue weighted by Gasteiger charge is 2.33. The lowest BCUT2D eigenvalue weighted by atomic mass is 10.2. The van der Waals surface area contributed by atoms with Crippen LogP contribution in [0.3, 0.4) is 0 Å². The molecule has 16 heavy (non-hydrogen) atoms. The van der Waals surface area contributed by atoms with Crippen molar-refractivity contribution in [2.45, 2.75) is 64.0 Å². The Kier molecular flexibility index (Phi) is 4.22. The van der Waals surface area contributed by atoms with Crippen molar-refractivity contribution in [3.8, 4) is 0 Å². The van der Waals surface area contributed by atoms with E-state index in [1.54, 1.807) is 0 Å². The third kappa shape index (κ3) is 3.21. The van der Waals surface area contributed by atoms with Crippen molar-refractivity contribution >= 4 is 5.91 Å². The Morgan fingerprint density at radius 1 is 1.38 bits per heavy atom. The molecule has 92 valence electrons. The van der Waals surface area contributed by atoms with E-state index >= 15 is 0 Å². The lowest BCUT2D eigenvalue weighted by molar-refractivity contribution is -0.132. The van der Waals surface area contributed by atoms with Crippen LogP contribution in [-0.4, -0.2) is 36.0 Å². The molecular weight excluding hydrogens is 200 g/mol. The van der Waals surface area contributed by atoms with E-state index in [0.717, 1.165) is 32.4 Å². The normalized spacial score (nSPS) is 24.7. The van der Waals surface area contributed by atoms with Crippen molar-refractivity contribution in [3.05, 3.63) is 0 Å². The van der Waals surface area contributed by atoms with E-state index in [4.69, 9.17) is 0 Å². The van der Waals surface area contributed by atoms with Gasteiger partial charge >= 0.3 is 0 Å². The van der Waals surface area contributed by atoms with Crippen LogP contribution in [0.4, 0.5) is 0 Å². The number of rotatable bonds is 6. The van der Waals surface area contributed by atoms with Crippen LogP contribution in [-0.2, 0) is 4.79 Å². The van der Waals surface area contributed by atoms with Crippen LogP contribution in [0.2, 0.25) is 0 Å². The van der Waals surface area contributed by atoms with E-state index in [2.05, 4.69) is 17.1 Å². The quantitative estimate of drug-likeness (QED) is 0.747. The third-order valence-electron chi connectivity index (χ3n) is 3.63. The number of hydrogen-bond acceptors (Lipinski definition) is 2. The Morgan fingerprint density at radius 2 is 2.19 bits per heavy atom. The van der Waals surface area contributed by atoms with Gasteiger partial charge in [0.05, 0.1) is 0 Å². The minimum atomic E-state index is 0.387. The standard InChI is InChI=1S/C13H24N2O/c1-2-3-6-13(16)15(12-7-8-12)10-11-5-4-9-14-11/h11-12,14H,2-10H2,1H3. The highest BCUT2D eigenvalue weighted by atomic mass is 16.2. The second kappa shape index (κ2) is 5.67. The smallest absolute Gasteiger partial charge is 0.222 e. The molecule has 0 aromatic rings. The highest BCUT2D eigenvalue weighted by molar-refractivity contribution is 5.76. The fourth-order valence-corrected chi connectivity index (χ4v) is 2.46. The van der Waals surface area contributed by atoms with Gasteiger partial charge in [-0.15, -0.1) is 0 Å². The minimum absolute atomic E-state index is 0.387. The first-order valence-electron chi connectivity index (χ1n) is 6.84. The summed E-state index contributed by atoms with van der Waals surface area (Å²) in [4.78, 5) is 14.2. The maximum Gasteiger partial charge on any atom is 0.222 e. The first-order chi connectivity index (χ1) is 7.81. The summed E-state index contributed by atoms with van der Waals surface area (Å²) in [6.07, 6.45) is 7.87. The molecule has 1 saturated carbocycles. The molecule has 1 amide bonds. The van der Waals surface area contributed by atoms with Crippen LogP contribution in [0.1, 0.15) is 51.9 Å². The Balaban J connectivity index is 1.81. The first kappa shape index (κ1) is 11.9. The van der Waals surface area contributed by atoms with Crippen LogP contribution in [0.25, 0.3) is 0 Å². The molecule has 0 spiro atoms. The van der Waals surface area contributed by atoms with Crippen molar-refractivity contribution in [1.29, 1.82) is 0 Å². The number of nitrogens with zero attached hydrogens (tertiary/aromatic N) is 1. The molecule has 0 aromatic carbocycles. The van der Waals surface area contributed by atoms with Crippen molar-refractivity contribution < 1.29 is 4.79 Å². The average Bonchev–Trinajstić information content (AvgIpc) is 3.00. The number of hydrogen-bond donors (Lipinski definition) is 1. The first-order valence-corrected chi connectivity index (χ1v) is 6.84. The number of nitrogens with one attached hydrogen (secondary N) is 1. The van der Waals surface area contributed by atoms with E-state index in [0.29, 0.717) is 18.0 Å². The summed E-state index contributed by atoms with van der Waals surface area (Å²) in [5.41, 5.74) is 0. The Bertz CT molecular complexity index is 232. The fraction of sp³-hybridized carbons (Fsp3) is 0.923. The molecular formula is C13H24N2O. The highest BCUT2D eigenvalue weighted by Crippen LogP contribution is 2.28. The van der Waals surface area contributed by atoms with Gasteiger partial charge < -0.3 is 10.2 Å². The van der Waals surface area contributed by atoms with Gasteiger partial charge in [0.25, 0.3) is 0 Å². The lowest BCUT2D eigenvalue weighted by Crippen LogP contribution is -2.42. The molecule has 1 N–H and O–H groups in total. The van der Waals surface area contributed by atoms with Crippen molar-refractivity contribution in [1.82, 2.24) is 10.2 Å². The molecule has 1 atom stereocenters. The zero-order chi connectivity index (χ0) is 11.4. The van der Waals surface area contributed by atoms with Crippen molar-refractivity contribution in [2.75, 3.05) is 13.1 Å². The topological polar surface area (TPSA) is 32.3 Å². The monoisotopic (exact) mass is 224 g/mol. The summed E-state index contributed by atoms with van der Waals surface area (Å²) in [5.74, 6) is 0.387. The van der Waals surface area contributed by atoms with Crippen molar-refractivity contribution in [2.24, 2.45) is 0 Å². The van der Waals surface area contributed by atoms with Gasteiger partial charge in [-0.1, -0.05) is 13.3 Å². The van der Waals surface area contributed by atoms with E-state index in [9.17, 15) is 4.79 Å². The summed E-state index contributed by atoms with van der Waals surface area (Å²) in [6, 6.07) is 1.14. The van der Waals surface area contributed by atoms with Crippen LogP contribution >= 0.6 is 0 Å². The second-order valence-corrected chi connectivity index (χ2v) is 5.17. The molecule has 0 aromatic heterocycles. The van der Waals surface area contributed by atoms with Gasteiger partial charge in [-0.2, -0.15) is 0 Å². The van der Waals surface area contributed by atoms with Gasteiger partial charge in [-0.25, -0.2) is 0 Å². The predicted molar refractivity (Wildman–Crippen MR) is 65.3 cm³/mol. The maximum absolute atomic E-state index is 12.1. The van der Waals surface area contributed by atoms with Gasteiger partial charge in [-0.05, 0) is 38.6 Å². The summed E-state index contributed by atoms with van der Waals surface area (Å²) in [6.45, 7) is 4.23. The molecule has 0 radical (unpaired) electrons. The molecule has 3 heteroatoms. The zero-order valence-corrected chi connectivity index (χ0v) is 10.4. The average molecular weight is 224 g/mol. The predicted octanol–water partition coefficient (Wildman–Crippen LogP) is 1.92. The molecule has 2 fully saturated rings. The summed E-state index contributed by atoms with van der Waals surface area (Å²) in [5, 5.41) is 3.49. The van der Waals surface area contributed by atoms with Gasteiger partial charge in [-0.3, -0.25) is 4.79 Å². The molecule has 2 aliphatic rings. The lowest BCUT2D eigenvalue weighted by Gasteiger charge is -2.26. The molecule has 1 unspecified atom stereocenters. The van der Waals surface area contributed by atoms with Gasteiger partial charge in [0, 0.05) is 25.0 Å². The SMILES string of the molecule is CCCCC(=O)N(CC1CCCN1)C1CC1. The summed E-state index contributed by atoms with van der Waals surface area (Å²) in [7, 11) is 0. The number of carbonyl (C=O) groups excluding carboxylic acids is 1. The summed E-state index contributed by atoms with van der Waals surface area (Å²) < 4.78 is 0. The van der Waals surface area contributed by atoms with Crippen LogP contribution in [0.5, 0.6) is 0 Å². The van der Waals surface area contributed by atoms with E-state index in [-0.39, 0.29) is 0 Å². The molecule has 1 saturated heterocycles. The van der Waals surface area contributed by atoms with Crippen LogP contribution in [0, 0.1) is 0 Å². The number of amides is 1. The molecule has 1 aliphatic carbocycles. The molecule has 0 bridgehead atoms. The van der Waals surface area contributed by atoms with E-state index < -0.39 is 0 Å². The van der Waals surface area contributed by atoms with Gasteiger partial charge in [0.15, 0.2) is 0 Å². The zero-order valence-electron chi connectivity index (χ0n) is 10.4. The maximum atomic E-state index is 12.1. The van der Waals surface area contributed by atoms with Crippen LogP contribution < -0.4 is 5.32 Å². The van der Waals surface area contributed by atoms with E-state index in [1.165, 1.54) is 25.7 Å². The number of unbranched alkanes of at least 4 members (excludes halogenated alkanes) is 1. The molecule has 2 rings (SSSR count). The molecule has 1 aliphatic heterocycles. The number of carbonyl (C=O) groups is 1. The summed E-state index contributed by atoms with van der Waals surface area (Å²) >= 11 is 0. The van der Waals surface area contributed by atoms with Crippen LogP contribution in [0.15, 0.2) is 0 Å². The van der Waals surface area contributed by atoms with E-state index in [1.807, 2.05) is 0 Å². The van der Waals surface area contributed by atoms with Crippen molar-refractivity contribution in [3.63, 3.8) is 0 Å².